The molecule has 0 fully saturated rings. The van der Waals surface area contributed by atoms with Crippen LogP contribution in [0.1, 0.15) is 48.0 Å². The largest absolute Gasteiger partial charge is 0.379 e. The minimum Gasteiger partial charge on any atom is -0.379 e. The zero-order valence-electron chi connectivity index (χ0n) is 17.2. The summed E-state index contributed by atoms with van der Waals surface area (Å²) in [4.78, 5) is 14.1. The van der Waals surface area contributed by atoms with E-state index in [0.29, 0.717) is 18.0 Å². The summed E-state index contributed by atoms with van der Waals surface area (Å²) < 4.78 is 27.9. The van der Waals surface area contributed by atoms with E-state index in [9.17, 15) is 13.2 Å². The second-order valence-electron chi connectivity index (χ2n) is 7.39. The lowest BCUT2D eigenvalue weighted by Gasteiger charge is -2.18. The van der Waals surface area contributed by atoms with Crippen LogP contribution < -0.4 is 0 Å². The molecule has 0 bridgehead atoms. The van der Waals surface area contributed by atoms with Crippen molar-refractivity contribution in [2.75, 3.05) is 32.6 Å². The molecule has 1 aromatic rings. The second kappa shape index (κ2) is 11.8. The second-order valence-corrected chi connectivity index (χ2v) is 9.46. The van der Waals surface area contributed by atoms with Crippen molar-refractivity contribution in [3.8, 4) is 11.8 Å². The summed E-state index contributed by atoms with van der Waals surface area (Å²) in [6.45, 7) is 4.03. The van der Waals surface area contributed by atoms with Crippen LogP contribution in [0, 0.1) is 17.8 Å². The van der Waals surface area contributed by atoms with Crippen LogP contribution in [0.15, 0.2) is 36.3 Å². The summed E-state index contributed by atoms with van der Waals surface area (Å²) in [6.07, 6.45) is 6.79. The van der Waals surface area contributed by atoms with Crippen LogP contribution >= 0.6 is 0 Å². The Morgan fingerprint density at radius 1 is 1.24 bits per heavy atom. The molecule has 0 saturated carbocycles. The van der Waals surface area contributed by atoms with Gasteiger partial charge in [0, 0.05) is 36.9 Å². The SMILES string of the molecule is C=CS(=O)(=O)CCOCCN(C)C(=O)c1ccc(CC2C#CCCCCC2)cc1. The van der Waals surface area contributed by atoms with Crippen LogP contribution in [0.4, 0.5) is 0 Å². The van der Waals surface area contributed by atoms with Crippen LogP contribution in [-0.4, -0.2) is 51.8 Å². The number of benzene rings is 1. The fourth-order valence-electron chi connectivity index (χ4n) is 3.17. The van der Waals surface area contributed by atoms with Gasteiger partial charge in [0.05, 0.1) is 19.0 Å². The minimum absolute atomic E-state index is 0.0791. The summed E-state index contributed by atoms with van der Waals surface area (Å²) in [7, 11) is -1.54. The highest BCUT2D eigenvalue weighted by molar-refractivity contribution is 7.94. The lowest BCUT2D eigenvalue weighted by molar-refractivity contribution is 0.0711. The Labute approximate surface area is 175 Å². The first-order chi connectivity index (χ1) is 13.9. The van der Waals surface area contributed by atoms with E-state index in [4.69, 9.17) is 4.74 Å². The fraction of sp³-hybridized carbons (Fsp3) is 0.522. The summed E-state index contributed by atoms with van der Waals surface area (Å²) in [5, 5.41) is 0.930. The van der Waals surface area contributed by atoms with Crippen molar-refractivity contribution < 1.29 is 17.9 Å². The van der Waals surface area contributed by atoms with Gasteiger partial charge in [-0.3, -0.25) is 4.79 Å². The van der Waals surface area contributed by atoms with Gasteiger partial charge in [-0.15, -0.1) is 5.92 Å². The predicted octanol–water partition coefficient (Wildman–Crippen LogP) is 3.46. The van der Waals surface area contributed by atoms with Gasteiger partial charge in [0.25, 0.3) is 5.91 Å². The maximum Gasteiger partial charge on any atom is 0.253 e. The van der Waals surface area contributed by atoms with Crippen molar-refractivity contribution in [1.29, 1.82) is 0 Å². The number of hydrogen-bond donors (Lipinski definition) is 0. The van der Waals surface area contributed by atoms with Gasteiger partial charge in [-0.2, -0.15) is 0 Å². The van der Waals surface area contributed by atoms with E-state index in [2.05, 4.69) is 18.4 Å². The highest BCUT2D eigenvalue weighted by Gasteiger charge is 2.13. The Bertz CT molecular complexity index is 834. The molecule has 1 aliphatic rings. The van der Waals surface area contributed by atoms with Gasteiger partial charge in [-0.25, -0.2) is 8.42 Å². The highest BCUT2D eigenvalue weighted by atomic mass is 32.2. The lowest BCUT2D eigenvalue weighted by atomic mass is 9.92. The number of carbonyl (C=O) groups is 1. The molecule has 5 nitrogen and oxygen atoms in total. The van der Waals surface area contributed by atoms with Gasteiger partial charge in [0.1, 0.15) is 0 Å². The summed E-state index contributed by atoms with van der Waals surface area (Å²) >= 11 is 0. The van der Waals surface area contributed by atoms with E-state index < -0.39 is 9.84 Å². The quantitative estimate of drug-likeness (QED) is 0.432. The molecule has 1 aromatic carbocycles. The Hall–Kier alpha value is -2.10. The summed E-state index contributed by atoms with van der Waals surface area (Å²) in [5.41, 5.74) is 1.84. The monoisotopic (exact) mass is 417 g/mol. The van der Waals surface area contributed by atoms with Crippen LogP contribution in [0.5, 0.6) is 0 Å². The van der Waals surface area contributed by atoms with E-state index in [1.165, 1.54) is 24.8 Å². The number of carbonyl (C=O) groups excluding carboxylic acids is 1. The zero-order valence-corrected chi connectivity index (χ0v) is 18.0. The Morgan fingerprint density at radius 3 is 2.72 bits per heavy atom. The van der Waals surface area contributed by atoms with Gasteiger partial charge in [-0.05, 0) is 37.0 Å². The van der Waals surface area contributed by atoms with E-state index >= 15 is 0 Å². The smallest absolute Gasteiger partial charge is 0.253 e. The number of likely N-dealkylation sites (N-methyl/N-ethyl adjacent to an activating group) is 1. The van der Waals surface area contributed by atoms with Crippen molar-refractivity contribution in [2.24, 2.45) is 5.92 Å². The van der Waals surface area contributed by atoms with Crippen molar-refractivity contribution in [2.45, 2.75) is 38.5 Å². The Balaban J connectivity index is 1.79. The number of nitrogens with zero attached hydrogens (tertiary/aromatic N) is 1. The lowest BCUT2D eigenvalue weighted by Crippen LogP contribution is -2.30. The summed E-state index contributed by atoms with van der Waals surface area (Å²) in [5.74, 6) is 6.90. The molecule has 158 valence electrons. The Kier molecular flexibility index (Phi) is 9.43. The standard InChI is InChI=1S/C23H31NO4S/c1-3-29(26,27)18-17-28-16-15-24(2)23(25)22-13-11-21(12-14-22)19-20-9-7-5-4-6-8-10-20/h3,11-14,20H,1,4-7,9,15-19H2,2H3. The van der Waals surface area contributed by atoms with Gasteiger partial charge in [0.15, 0.2) is 9.84 Å². The van der Waals surface area contributed by atoms with Crippen LogP contribution in [0.2, 0.25) is 0 Å². The van der Waals surface area contributed by atoms with Crippen molar-refractivity contribution >= 4 is 15.7 Å². The average molecular weight is 418 g/mol. The molecule has 29 heavy (non-hydrogen) atoms. The van der Waals surface area contributed by atoms with E-state index in [0.717, 1.165) is 24.7 Å². The van der Waals surface area contributed by atoms with Crippen LogP contribution in [0.3, 0.4) is 0 Å². The van der Waals surface area contributed by atoms with Crippen molar-refractivity contribution in [1.82, 2.24) is 4.90 Å². The number of amides is 1. The molecule has 0 saturated heterocycles. The van der Waals surface area contributed by atoms with Gasteiger partial charge in [-0.1, -0.05) is 37.5 Å². The molecule has 1 unspecified atom stereocenters. The maximum absolute atomic E-state index is 12.5. The fourth-order valence-corrected chi connectivity index (χ4v) is 3.69. The maximum atomic E-state index is 12.5. The third kappa shape index (κ3) is 8.43. The molecule has 1 atom stereocenters. The number of hydrogen-bond acceptors (Lipinski definition) is 4. The first-order valence-electron chi connectivity index (χ1n) is 10.2. The van der Waals surface area contributed by atoms with E-state index in [1.54, 1.807) is 11.9 Å². The third-order valence-electron chi connectivity index (χ3n) is 5.03. The number of ether oxygens (including phenoxy) is 1. The Morgan fingerprint density at radius 2 is 2.00 bits per heavy atom. The highest BCUT2D eigenvalue weighted by Crippen LogP contribution is 2.18. The minimum atomic E-state index is -3.25. The van der Waals surface area contributed by atoms with Crippen LogP contribution in [0.25, 0.3) is 0 Å². The molecule has 6 heteroatoms. The molecule has 1 amide bonds. The predicted molar refractivity (Wildman–Crippen MR) is 116 cm³/mol. The summed E-state index contributed by atoms with van der Waals surface area (Å²) in [6, 6.07) is 7.75. The normalized spacial score (nSPS) is 16.8. The van der Waals surface area contributed by atoms with E-state index in [1.807, 2.05) is 24.3 Å². The van der Waals surface area contributed by atoms with Crippen molar-refractivity contribution in [3.05, 3.63) is 47.4 Å². The van der Waals surface area contributed by atoms with Crippen LogP contribution in [-0.2, 0) is 21.0 Å². The molecule has 2 rings (SSSR count). The molecule has 0 heterocycles. The van der Waals surface area contributed by atoms with Gasteiger partial charge >= 0.3 is 0 Å². The zero-order chi connectivity index (χ0) is 21.1. The molecular formula is C23H31NO4S. The molecule has 0 aliphatic heterocycles. The molecule has 0 N–H and O–H groups in total. The van der Waals surface area contributed by atoms with Gasteiger partial charge < -0.3 is 9.64 Å². The molecule has 0 radical (unpaired) electrons. The van der Waals surface area contributed by atoms with Crippen molar-refractivity contribution in [3.63, 3.8) is 0 Å². The molecule has 0 aromatic heterocycles. The first kappa shape index (κ1) is 23.2. The topological polar surface area (TPSA) is 63.7 Å². The van der Waals surface area contributed by atoms with Gasteiger partial charge in [0.2, 0.25) is 0 Å². The molecule has 0 spiro atoms. The molecule has 1 aliphatic carbocycles. The number of sulfone groups is 1. The average Bonchev–Trinajstić information content (AvgIpc) is 2.69. The number of rotatable bonds is 10. The van der Waals surface area contributed by atoms with E-state index in [-0.39, 0.29) is 24.9 Å². The first-order valence-corrected chi connectivity index (χ1v) is 11.9. The third-order valence-corrected chi connectivity index (χ3v) is 6.27. The molecular weight excluding hydrogens is 386 g/mol.